The van der Waals surface area contributed by atoms with Gasteiger partial charge < -0.3 is 30.1 Å². The zero-order chi connectivity index (χ0) is 31.5. The predicted molar refractivity (Wildman–Crippen MR) is 176 cm³/mol. The van der Waals surface area contributed by atoms with Gasteiger partial charge in [-0.3, -0.25) is 13.8 Å². The number of phosphoric acid groups is 1. The highest BCUT2D eigenvalue weighted by Crippen LogP contribution is 2.50. The molecule has 13 heteroatoms. The Hall–Kier alpha value is -0.660. The van der Waals surface area contributed by atoms with Crippen molar-refractivity contribution in [3.63, 3.8) is 0 Å². The van der Waals surface area contributed by atoms with Crippen molar-refractivity contribution in [2.75, 3.05) is 38.2 Å². The number of carbonyl (C=O) groups excluding carboxylic acids is 1. The Bertz CT molecular complexity index is 1060. The van der Waals surface area contributed by atoms with E-state index < -0.39 is 26.1 Å². The third-order valence-corrected chi connectivity index (χ3v) is 12.8. The highest BCUT2D eigenvalue weighted by molar-refractivity contribution is 8.00. The predicted octanol–water partition coefficient (Wildman–Crippen LogP) is 4.18. The van der Waals surface area contributed by atoms with E-state index in [0.717, 1.165) is 49.3 Å². The molecule has 250 valence electrons. The van der Waals surface area contributed by atoms with Gasteiger partial charge in [0.1, 0.15) is 12.2 Å². The maximum absolute atomic E-state index is 13.3. The Kier molecular flexibility index (Phi) is 14.8. The van der Waals surface area contributed by atoms with Crippen molar-refractivity contribution in [2.45, 2.75) is 106 Å². The highest BCUT2D eigenvalue weighted by atomic mass is 32.2. The SMILES string of the molecule is CC[C@H]1O[C@@H](C)C2SCC(CCNC)CCNC(=O)CCCCSC3[C@H](Cc4ccccc4)O[C@H](COP(=O)(O)O[C@@H]21)[C@H]3O. The summed E-state index contributed by atoms with van der Waals surface area (Å²) in [7, 11) is -2.56. The number of hydrogen-bond donors (Lipinski definition) is 4. The summed E-state index contributed by atoms with van der Waals surface area (Å²) >= 11 is 3.32. The molecule has 10 nitrogen and oxygen atoms in total. The quantitative estimate of drug-likeness (QED) is 0.324. The van der Waals surface area contributed by atoms with E-state index >= 15 is 0 Å². The second-order valence-electron chi connectivity index (χ2n) is 12.0. The Balaban J connectivity index is 1.49. The summed E-state index contributed by atoms with van der Waals surface area (Å²) in [6.45, 7) is 5.17. The third kappa shape index (κ3) is 10.7. The smallest absolute Gasteiger partial charge is 0.389 e. The zero-order valence-electron chi connectivity index (χ0n) is 26.2. The molecule has 1 aromatic carbocycles. The van der Waals surface area contributed by atoms with Crippen molar-refractivity contribution in [1.29, 1.82) is 0 Å². The van der Waals surface area contributed by atoms with Crippen molar-refractivity contribution >= 4 is 37.3 Å². The number of nitrogens with one attached hydrogen (secondary N) is 2. The van der Waals surface area contributed by atoms with Gasteiger partial charge in [-0.1, -0.05) is 37.3 Å². The minimum absolute atomic E-state index is 0.0695. The van der Waals surface area contributed by atoms with Gasteiger partial charge in [-0.25, -0.2) is 4.57 Å². The number of aliphatic hydroxyl groups is 1. The molecule has 4 rings (SSSR count). The maximum Gasteiger partial charge on any atom is 0.472 e. The lowest BCUT2D eigenvalue weighted by atomic mass is 10.0. The first-order valence-corrected chi connectivity index (χ1v) is 19.6. The van der Waals surface area contributed by atoms with Gasteiger partial charge in [-0.15, -0.1) is 0 Å². The van der Waals surface area contributed by atoms with Crippen molar-refractivity contribution in [3.05, 3.63) is 35.9 Å². The summed E-state index contributed by atoms with van der Waals surface area (Å²) in [4.78, 5) is 23.5. The molecule has 3 saturated heterocycles. The second kappa shape index (κ2) is 18.0. The van der Waals surface area contributed by atoms with Crippen LogP contribution in [0, 0.1) is 5.92 Å². The van der Waals surface area contributed by atoms with Crippen LogP contribution in [0.2, 0.25) is 0 Å². The molecule has 3 aliphatic rings. The van der Waals surface area contributed by atoms with Crippen LogP contribution in [0.4, 0.5) is 0 Å². The van der Waals surface area contributed by atoms with E-state index in [1.165, 1.54) is 0 Å². The van der Waals surface area contributed by atoms with Crippen LogP contribution in [0.5, 0.6) is 0 Å². The van der Waals surface area contributed by atoms with Gasteiger partial charge in [0.25, 0.3) is 0 Å². The number of hydrogen-bond acceptors (Lipinski definition) is 10. The number of phosphoric ester groups is 1. The molecule has 4 unspecified atom stereocenters. The van der Waals surface area contributed by atoms with Crippen molar-refractivity contribution < 1.29 is 37.9 Å². The van der Waals surface area contributed by atoms with Crippen molar-refractivity contribution in [3.8, 4) is 0 Å². The van der Waals surface area contributed by atoms with Crippen molar-refractivity contribution in [1.82, 2.24) is 10.6 Å². The summed E-state index contributed by atoms with van der Waals surface area (Å²) < 4.78 is 37.1. The van der Waals surface area contributed by atoms with Gasteiger partial charge in [-0.2, -0.15) is 23.5 Å². The van der Waals surface area contributed by atoms with Gasteiger partial charge in [-0.05, 0) is 82.0 Å². The summed E-state index contributed by atoms with van der Waals surface area (Å²) in [5.41, 5.74) is 1.09. The van der Waals surface area contributed by atoms with Gasteiger partial charge in [0.15, 0.2) is 0 Å². The van der Waals surface area contributed by atoms with Crippen LogP contribution in [-0.2, 0) is 34.3 Å². The minimum atomic E-state index is -4.50. The molecule has 0 radical (unpaired) electrons. The van der Waals surface area contributed by atoms with E-state index in [1.807, 2.05) is 51.2 Å². The summed E-state index contributed by atoms with van der Waals surface area (Å²) in [6.07, 6.45) is 2.03. The normalized spacial score (nSPS) is 38.4. The molecule has 3 fully saturated rings. The third-order valence-electron chi connectivity index (χ3n) is 8.63. The molecule has 3 heterocycles. The molecule has 1 aromatic rings. The standard InChI is InChI=1S/C31H51N2O8PS2/c1-4-24-29-30(21(2)39-24)44-20-23(13-15-32-3)14-16-33-27(34)12-8-9-17-43-31-25(18-22-10-6-5-7-11-22)40-26(28(31)35)19-38-42(36,37)41-29/h5-7,10-11,21,23-26,28-32,35H,4,8-9,12-20H2,1-3H3,(H,33,34)(H,36,37)/t21-,23?,24+,25-,26+,28+,29+,30?,31?/m0/s1. The van der Waals surface area contributed by atoms with Crippen LogP contribution in [0.3, 0.4) is 0 Å². The number of fused-ring (bicyclic) bond motifs is 3. The number of aliphatic hydroxyl groups excluding tert-OH is 1. The lowest BCUT2D eigenvalue weighted by Crippen LogP contribution is -2.34. The number of thioether (sulfide) groups is 2. The van der Waals surface area contributed by atoms with Crippen LogP contribution < -0.4 is 10.6 Å². The molecular weight excluding hydrogens is 623 g/mol. The zero-order valence-corrected chi connectivity index (χ0v) is 28.7. The first-order chi connectivity index (χ1) is 21.2. The molecule has 10 atom stereocenters. The van der Waals surface area contributed by atoms with Gasteiger partial charge in [0.2, 0.25) is 5.91 Å². The average Bonchev–Trinajstić information content (AvgIpc) is 3.46. The topological polar surface area (TPSA) is 136 Å². The molecule has 0 aliphatic carbocycles. The number of ether oxygens (including phenoxy) is 2. The average molecular weight is 675 g/mol. The van der Waals surface area contributed by atoms with E-state index in [4.69, 9.17) is 18.5 Å². The van der Waals surface area contributed by atoms with E-state index in [1.54, 1.807) is 23.5 Å². The maximum atomic E-state index is 13.3. The Morgan fingerprint density at radius 3 is 2.66 bits per heavy atom. The largest absolute Gasteiger partial charge is 0.472 e. The van der Waals surface area contributed by atoms with Crippen molar-refractivity contribution in [2.24, 2.45) is 5.92 Å². The molecule has 4 N–H and O–H groups in total. The highest BCUT2D eigenvalue weighted by Gasteiger charge is 2.48. The Morgan fingerprint density at radius 2 is 1.91 bits per heavy atom. The fraction of sp³-hybridized carbons (Fsp3) is 0.774. The van der Waals surface area contributed by atoms with Crippen LogP contribution in [0.25, 0.3) is 0 Å². The minimum Gasteiger partial charge on any atom is -0.389 e. The van der Waals surface area contributed by atoms with Gasteiger partial charge in [0, 0.05) is 13.0 Å². The molecule has 0 aromatic heterocycles. The summed E-state index contributed by atoms with van der Waals surface area (Å²) in [6, 6.07) is 9.95. The van der Waals surface area contributed by atoms with Crippen LogP contribution in [0.15, 0.2) is 30.3 Å². The first-order valence-electron chi connectivity index (χ1n) is 16.0. The summed E-state index contributed by atoms with van der Waals surface area (Å²) in [5, 5.41) is 17.2. The van der Waals surface area contributed by atoms with Crippen LogP contribution in [-0.4, -0.2) is 101 Å². The van der Waals surface area contributed by atoms with E-state index in [-0.39, 0.29) is 41.3 Å². The van der Waals surface area contributed by atoms with Gasteiger partial charge in [0.05, 0.1) is 41.5 Å². The molecule has 1 amide bonds. The van der Waals surface area contributed by atoms with Crippen LogP contribution >= 0.6 is 31.3 Å². The van der Waals surface area contributed by atoms with E-state index in [0.29, 0.717) is 31.7 Å². The Morgan fingerprint density at radius 1 is 1.11 bits per heavy atom. The number of carbonyl (C=O) groups is 1. The second-order valence-corrected chi connectivity index (χ2v) is 15.9. The summed E-state index contributed by atoms with van der Waals surface area (Å²) in [5.74, 6) is 2.00. The fourth-order valence-corrected chi connectivity index (χ4v) is 10.2. The molecule has 0 saturated carbocycles. The number of rotatable bonds is 6. The Labute approximate surface area is 271 Å². The van der Waals surface area contributed by atoms with E-state index in [9.17, 15) is 19.4 Å². The lowest BCUT2D eigenvalue weighted by molar-refractivity contribution is -0.121. The molecule has 0 spiro atoms. The molecule has 2 bridgehead atoms. The van der Waals surface area contributed by atoms with E-state index in [2.05, 4.69) is 10.6 Å². The number of amides is 1. The molecular formula is C31H51N2O8PS2. The molecule has 3 aliphatic heterocycles. The van der Waals surface area contributed by atoms with Gasteiger partial charge >= 0.3 is 7.82 Å². The molecule has 44 heavy (non-hydrogen) atoms. The monoisotopic (exact) mass is 674 g/mol. The first kappa shape index (κ1) is 36.2. The van der Waals surface area contributed by atoms with Crippen LogP contribution in [0.1, 0.15) is 57.9 Å². The fourth-order valence-electron chi connectivity index (χ4n) is 6.13. The lowest BCUT2D eigenvalue weighted by Gasteiger charge is -2.27. The number of benzene rings is 1.